The molecule has 15 aromatic rings. The molecule has 0 fully saturated rings. The maximum atomic E-state index is 4.93. The summed E-state index contributed by atoms with van der Waals surface area (Å²) in [7, 11) is 0. The molecular weight excluding hydrogens is 1330 g/mol. The van der Waals surface area contributed by atoms with Crippen molar-refractivity contribution in [2.45, 2.75) is 26.2 Å². The number of aromatic nitrogens is 3. The van der Waals surface area contributed by atoms with Crippen molar-refractivity contribution >= 4 is 0 Å². The third kappa shape index (κ3) is 12.9. The predicted octanol–water partition coefficient (Wildman–Crippen LogP) is 23.9. The summed E-state index contributed by atoms with van der Waals surface area (Å²) in [4.78, 5) is 14.5. The molecule has 15 rings (SSSR count). The van der Waals surface area contributed by atoms with Crippen LogP contribution in [0.4, 0.5) is 0 Å². The zero-order valence-electron chi connectivity index (χ0n) is 52.9. The van der Waals surface area contributed by atoms with Gasteiger partial charge in [-0.2, -0.15) is 0 Å². The van der Waals surface area contributed by atoms with Crippen molar-refractivity contribution < 1.29 is 20.1 Å². The summed E-state index contributed by atoms with van der Waals surface area (Å²) in [6.45, 7) is 6.74. The SMILES string of the molecule is CC(C)(C)c1ccnc(-c2[c-]cc(-c3ccccc3-c3cc(-c4ccccc4-c4c[c-]c(-c5ccccn5)cc4-c4ccc(-c5ccccc5)cc4)cc(-c4ccccc4-c4c[c-]c(-c5ccccn5)cc4-c4ccc(-c5ccccc5)cc4)c3)c(-c3ccccc3)c2)c1.[Ir+3]. The molecule has 3 heterocycles. The minimum Gasteiger partial charge on any atom is -0.305 e. The van der Waals surface area contributed by atoms with Crippen LogP contribution in [0.25, 0.3) is 156 Å². The van der Waals surface area contributed by atoms with Crippen molar-refractivity contribution in [3.63, 3.8) is 0 Å². The minimum absolute atomic E-state index is 0. The van der Waals surface area contributed by atoms with E-state index >= 15 is 0 Å². The zero-order chi connectivity index (χ0) is 63.4. The fraction of sp³-hybridized carbons (Fsp3) is 0.0440. The summed E-state index contributed by atoms with van der Waals surface area (Å²) in [5.41, 5.74) is 30.7. The van der Waals surface area contributed by atoms with Gasteiger partial charge < -0.3 is 15.0 Å². The molecule has 0 bridgehead atoms. The summed E-state index contributed by atoms with van der Waals surface area (Å²) in [5.74, 6) is 0. The Kier molecular flexibility index (Phi) is 17.5. The molecule has 0 unspecified atom stereocenters. The van der Waals surface area contributed by atoms with E-state index in [1.807, 2.05) is 42.9 Å². The van der Waals surface area contributed by atoms with Crippen molar-refractivity contribution in [1.82, 2.24) is 15.0 Å². The van der Waals surface area contributed by atoms with Gasteiger partial charge in [0.05, 0.1) is 0 Å². The van der Waals surface area contributed by atoms with E-state index in [2.05, 4.69) is 330 Å². The average Bonchev–Trinajstić information content (AvgIpc) is 0.780. The second-order valence-corrected chi connectivity index (χ2v) is 24.8. The third-order valence-corrected chi connectivity index (χ3v) is 17.8. The van der Waals surface area contributed by atoms with Crippen LogP contribution in [0.5, 0.6) is 0 Å². The Balaban J connectivity index is 0.00000778. The minimum atomic E-state index is -0.0473. The molecule has 0 aliphatic rings. The van der Waals surface area contributed by atoms with Crippen LogP contribution in [-0.4, -0.2) is 15.0 Å². The molecule has 0 aliphatic heterocycles. The zero-order valence-corrected chi connectivity index (χ0v) is 55.3. The van der Waals surface area contributed by atoms with Crippen LogP contribution >= 0.6 is 0 Å². The van der Waals surface area contributed by atoms with Crippen LogP contribution < -0.4 is 0 Å². The fourth-order valence-corrected chi connectivity index (χ4v) is 13.0. The van der Waals surface area contributed by atoms with E-state index < -0.39 is 0 Å². The second kappa shape index (κ2) is 27.1. The van der Waals surface area contributed by atoms with Crippen LogP contribution in [0.2, 0.25) is 0 Å². The van der Waals surface area contributed by atoms with Crippen LogP contribution in [0, 0.1) is 18.2 Å². The van der Waals surface area contributed by atoms with Gasteiger partial charge in [-0.1, -0.05) is 313 Å². The maximum Gasteiger partial charge on any atom is 3.00 e. The first-order valence-corrected chi connectivity index (χ1v) is 32.0. The molecule has 0 radical (unpaired) electrons. The normalized spacial score (nSPS) is 11.2. The monoisotopic (exact) mass is 1390 g/mol. The number of rotatable bonds is 14. The molecule has 0 saturated heterocycles. The number of hydrogen-bond acceptors (Lipinski definition) is 3. The van der Waals surface area contributed by atoms with Gasteiger partial charge in [-0.05, 0) is 137 Å². The molecule has 4 heteroatoms. The molecule has 452 valence electrons. The molecule has 95 heavy (non-hydrogen) atoms. The summed E-state index contributed by atoms with van der Waals surface area (Å²) < 4.78 is 0. The van der Waals surface area contributed by atoms with Crippen LogP contribution in [0.15, 0.2) is 334 Å². The van der Waals surface area contributed by atoms with E-state index in [9.17, 15) is 0 Å². The maximum absolute atomic E-state index is 4.93. The fourth-order valence-electron chi connectivity index (χ4n) is 13.0. The van der Waals surface area contributed by atoms with E-state index in [4.69, 9.17) is 15.0 Å². The number of pyridine rings is 3. The first-order valence-electron chi connectivity index (χ1n) is 32.0. The summed E-state index contributed by atoms with van der Waals surface area (Å²) in [6.07, 6.45) is 5.62. The third-order valence-electron chi connectivity index (χ3n) is 17.8. The molecule has 0 aliphatic carbocycles. The van der Waals surface area contributed by atoms with Gasteiger partial charge in [0.15, 0.2) is 0 Å². The molecule has 0 spiro atoms. The first kappa shape index (κ1) is 61.3. The smallest absolute Gasteiger partial charge is 0.305 e. The topological polar surface area (TPSA) is 38.7 Å². The first-order chi connectivity index (χ1) is 46.2. The molecule has 0 N–H and O–H groups in total. The van der Waals surface area contributed by atoms with E-state index in [1.54, 1.807) is 0 Å². The standard InChI is InChI=1S/C91H64N3.Ir/c1-91(2,3)75-51-54-94-90(61-75)71-47-50-82(85(60-71)66-27-11-6-12-28-66)79-32-16-13-29-76(79)72-55-73(77-30-14-17-33-80(77)83-48-45-69(88-35-19-21-52-92-88)58-86(83)67-41-37-64(38-42-67)62-23-7-4-8-24-62)57-74(56-72)78-31-15-18-34-81(78)84-49-46-70(89-36-20-22-53-93-89)59-87(84)68-43-39-65(40-44-68)63-25-9-5-10-26-63;/h4-44,48-61H,1-3H3;/q-3;+3. The van der Waals surface area contributed by atoms with Crippen molar-refractivity contribution in [2.24, 2.45) is 0 Å². The molecule has 0 atom stereocenters. The largest absolute Gasteiger partial charge is 3.00 e. The van der Waals surface area contributed by atoms with Gasteiger partial charge in [0.25, 0.3) is 0 Å². The van der Waals surface area contributed by atoms with Gasteiger partial charge >= 0.3 is 20.1 Å². The average molecular weight is 1390 g/mol. The molecule has 3 nitrogen and oxygen atoms in total. The van der Waals surface area contributed by atoms with Gasteiger partial charge in [-0.25, -0.2) is 0 Å². The Bertz CT molecular complexity index is 4950. The second-order valence-electron chi connectivity index (χ2n) is 24.8. The molecule has 12 aromatic carbocycles. The summed E-state index contributed by atoms with van der Waals surface area (Å²) in [5, 5.41) is 0. The van der Waals surface area contributed by atoms with Crippen molar-refractivity contribution in [3.8, 4) is 156 Å². The molecular formula is C91H64IrN3. The Morgan fingerprint density at radius 2 is 0.516 bits per heavy atom. The van der Waals surface area contributed by atoms with E-state index in [0.717, 1.165) is 145 Å². The number of nitrogens with zero attached hydrogens (tertiary/aromatic N) is 3. The van der Waals surface area contributed by atoms with Crippen molar-refractivity contribution in [2.75, 3.05) is 0 Å². The number of benzene rings is 12. The van der Waals surface area contributed by atoms with Gasteiger partial charge in [0.2, 0.25) is 0 Å². The van der Waals surface area contributed by atoms with Crippen LogP contribution in [0.3, 0.4) is 0 Å². The molecule has 0 saturated carbocycles. The van der Waals surface area contributed by atoms with Gasteiger partial charge in [-0.3, -0.25) is 0 Å². The Labute approximate surface area is 571 Å². The number of hydrogen-bond donors (Lipinski definition) is 0. The van der Waals surface area contributed by atoms with Gasteiger partial charge in [-0.15, -0.1) is 71.3 Å². The van der Waals surface area contributed by atoms with E-state index in [0.29, 0.717) is 0 Å². The van der Waals surface area contributed by atoms with Gasteiger partial charge in [0, 0.05) is 18.6 Å². The van der Waals surface area contributed by atoms with Crippen LogP contribution in [-0.2, 0) is 25.5 Å². The van der Waals surface area contributed by atoms with Crippen LogP contribution in [0.1, 0.15) is 26.3 Å². The Morgan fingerprint density at radius 1 is 0.221 bits per heavy atom. The van der Waals surface area contributed by atoms with Crippen molar-refractivity contribution in [1.29, 1.82) is 0 Å². The summed E-state index contributed by atoms with van der Waals surface area (Å²) >= 11 is 0. The molecule has 3 aromatic heterocycles. The quantitative estimate of drug-likeness (QED) is 0.102. The van der Waals surface area contributed by atoms with Gasteiger partial charge in [0.1, 0.15) is 0 Å². The van der Waals surface area contributed by atoms with Crippen molar-refractivity contribution in [3.05, 3.63) is 358 Å². The van der Waals surface area contributed by atoms with E-state index in [1.165, 1.54) is 16.7 Å². The predicted molar refractivity (Wildman–Crippen MR) is 391 cm³/mol. The van der Waals surface area contributed by atoms with E-state index in [-0.39, 0.29) is 25.5 Å². The Morgan fingerprint density at radius 3 is 0.874 bits per heavy atom. The molecule has 0 amide bonds. The summed E-state index contributed by atoms with van der Waals surface area (Å²) in [6, 6.07) is 124. The Hall–Kier alpha value is -11.3.